The molecule has 148 valence electrons. The summed E-state index contributed by atoms with van der Waals surface area (Å²) in [6.07, 6.45) is 14.6. The highest BCUT2D eigenvalue weighted by atomic mass is 32.1. The van der Waals surface area contributed by atoms with Crippen LogP contribution in [-0.4, -0.2) is 0 Å². The summed E-state index contributed by atoms with van der Waals surface area (Å²) in [5, 5.41) is 4.25. The highest BCUT2D eigenvalue weighted by molar-refractivity contribution is 7.11. The summed E-state index contributed by atoms with van der Waals surface area (Å²) in [6.45, 7) is 24.0. The van der Waals surface area contributed by atoms with Crippen molar-refractivity contribution in [2.24, 2.45) is 0 Å². The van der Waals surface area contributed by atoms with Crippen molar-refractivity contribution in [2.45, 2.75) is 60.8 Å². The third-order valence-corrected chi connectivity index (χ3v) is 4.98. The molecule has 27 heavy (non-hydrogen) atoms. The molecule has 0 amide bonds. The monoisotopic (exact) mass is 383 g/mol. The minimum atomic E-state index is 0.927. The second-order valence-corrected chi connectivity index (χ2v) is 7.27. The molecule has 0 radical (unpaired) electrons. The third-order valence-electron chi connectivity index (χ3n) is 3.70. The van der Waals surface area contributed by atoms with Gasteiger partial charge in [-0.2, -0.15) is 0 Å². The molecule has 0 atom stereocenters. The van der Waals surface area contributed by atoms with E-state index in [1.165, 1.54) is 29.7 Å². The molecule has 0 unspecified atom stereocenters. The number of thiophene rings is 1. The molecule has 1 aliphatic rings. The highest BCUT2D eigenvalue weighted by Gasteiger charge is 1.98. The molecular weight excluding hydrogens is 346 g/mol. The van der Waals surface area contributed by atoms with Gasteiger partial charge in [-0.1, -0.05) is 70.4 Å². The first-order chi connectivity index (χ1) is 12.9. The Bertz CT molecular complexity index is 800. The van der Waals surface area contributed by atoms with E-state index in [2.05, 4.69) is 62.3 Å². The van der Waals surface area contributed by atoms with E-state index >= 15 is 0 Å². The Labute approximate surface area is 170 Å². The van der Waals surface area contributed by atoms with Crippen molar-refractivity contribution >= 4 is 29.6 Å². The van der Waals surface area contributed by atoms with Crippen molar-refractivity contribution in [1.29, 1.82) is 0 Å². The fourth-order valence-electron chi connectivity index (χ4n) is 2.28. The average molecular weight is 384 g/mol. The molecule has 1 aliphatic carbocycles. The largest absolute Gasteiger partial charge is 0.360 e. The van der Waals surface area contributed by atoms with E-state index < -0.39 is 0 Å². The molecule has 1 nitrogen and oxygen atoms in total. The summed E-state index contributed by atoms with van der Waals surface area (Å²) in [6, 6.07) is 2.08. The molecule has 0 aliphatic heterocycles. The summed E-state index contributed by atoms with van der Waals surface area (Å²) < 4.78 is 1.16. The van der Waals surface area contributed by atoms with Crippen molar-refractivity contribution in [1.82, 2.24) is 5.32 Å². The molecule has 1 aromatic rings. The van der Waals surface area contributed by atoms with Gasteiger partial charge in [-0.3, -0.25) is 0 Å². The number of hydrogen-bond acceptors (Lipinski definition) is 2. The minimum Gasteiger partial charge on any atom is -0.360 e. The van der Waals surface area contributed by atoms with Crippen molar-refractivity contribution in [2.75, 3.05) is 0 Å². The Balaban J connectivity index is 0.000000562. The Morgan fingerprint density at radius 3 is 2.26 bits per heavy atom. The lowest BCUT2D eigenvalue weighted by molar-refractivity contribution is 0.984. The molecule has 0 saturated heterocycles. The first-order valence-corrected chi connectivity index (χ1v) is 10.6. The van der Waals surface area contributed by atoms with Gasteiger partial charge < -0.3 is 5.32 Å². The van der Waals surface area contributed by atoms with E-state index in [9.17, 15) is 0 Å². The summed E-state index contributed by atoms with van der Waals surface area (Å²) in [5.41, 5.74) is 4.54. The molecule has 2 heteroatoms. The predicted octanol–water partition coefficient (Wildman–Crippen LogP) is 6.70. The fraction of sp³-hybridized carbons (Fsp3) is 0.360. The molecule has 1 N–H and O–H groups in total. The van der Waals surface area contributed by atoms with Gasteiger partial charge >= 0.3 is 0 Å². The molecule has 2 rings (SSSR count). The quantitative estimate of drug-likeness (QED) is 0.596. The van der Waals surface area contributed by atoms with Crippen LogP contribution in [0, 0.1) is 0 Å². The van der Waals surface area contributed by atoms with Crippen LogP contribution in [0.1, 0.15) is 65.7 Å². The van der Waals surface area contributed by atoms with Crippen molar-refractivity contribution in [3.63, 3.8) is 0 Å². The lowest BCUT2D eigenvalue weighted by atomic mass is 10.1. The lowest BCUT2D eigenvalue weighted by Gasteiger charge is -2.04. The minimum absolute atomic E-state index is 0.927. The highest BCUT2D eigenvalue weighted by Crippen LogP contribution is 2.12. The number of hydrogen-bond donors (Lipinski definition) is 1. The summed E-state index contributed by atoms with van der Waals surface area (Å²) in [5.74, 6) is 0. The predicted molar refractivity (Wildman–Crippen MR) is 128 cm³/mol. The van der Waals surface area contributed by atoms with E-state index in [1.54, 1.807) is 11.3 Å². The SMILES string of the molecule is C=C(C)NC(=C/C)/C=c1/sc(C(=C)C)cc1=C.CC.CCC1=CCCC=C1. The molecule has 1 heterocycles. The number of nitrogens with one attached hydrogen (secondary N) is 1. The maximum Gasteiger partial charge on any atom is 0.0363 e. The van der Waals surface area contributed by atoms with Gasteiger partial charge in [0, 0.05) is 20.8 Å². The number of rotatable bonds is 5. The first-order valence-electron chi connectivity index (χ1n) is 9.78. The van der Waals surface area contributed by atoms with Gasteiger partial charge in [0.05, 0.1) is 0 Å². The van der Waals surface area contributed by atoms with Crippen LogP contribution in [0.5, 0.6) is 0 Å². The summed E-state index contributed by atoms with van der Waals surface area (Å²) >= 11 is 1.71. The molecule has 0 saturated carbocycles. The van der Waals surface area contributed by atoms with Gasteiger partial charge in [0.2, 0.25) is 0 Å². The second-order valence-electron chi connectivity index (χ2n) is 6.19. The van der Waals surface area contributed by atoms with Gasteiger partial charge in [-0.15, -0.1) is 11.3 Å². The van der Waals surface area contributed by atoms with Gasteiger partial charge in [0.1, 0.15) is 0 Å². The second kappa shape index (κ2) is 14.1. The third kappa shape index (κ3) is 10.0. The van der Waals surface area contributed by atoms with Crippen molar-refractivity contribution < 1.29 is 0 Å². The van der Waals surface area contributed by atoms with E-state index in [0.717, 1.165) is 26.7 Å². The number of allylic oxidation sites excluding steroid dienone is 8. The Morgan fingerprint density at radius 1 is 1.22 bits per heavy atom. The molecule has 0 aromatic carbocycles. The molecular formula is C25H37NS. The smallest absolute Gasteiger partial charge is 0.0363 e. The van der Waals surface area contributed by atoms with Crippen LogP contribution < -0.4 is 15.1 Å². The van der Waals surface area contributed by atoms with Gasteiger partial charge in [0.15, 0.2) is 0 Å². The maximum absolute atomic E-state index is 4.05. The van der Waals surface area contributed by atoms with Crippen LogP contribution in [0.25, 0.3) is 18.2 Å². The Morgan fingerprint density at radius 2 is 1.89 bits per heavy atom. The topological polar surface area (TPSA) is 12.0 Å². The van der Waals surface area contributed by atoms with Gasteiger partial charge in [-0.25, -0.2) is 0 Å². The normalized spacial score (nSPS) is 13.6. The zero-order valence-corrected chi connectivity index (χ0v) is 18.9. The molecule has 1 aromatic heterocycles. The fourth-order valence-corrected chi connectivity index (χ4v) is 3.27. The van der Waals surface area contributed by atoms with Crippen molar-refractivity contribution in [3.8, 4) is 0 Å². The van der Waals surface area contributed by atoms with E-state index in [4.69, 9.17) is 0 Å². The molecule has 0 spiro atoms. The summed E-state index contributed by atoms with van der Waals surface area (Å²) in [7, 11) is 0. The van der Waals surface area contributed by atoms with Gasteiger partial charge in [-0.05, 0) is 63.0 Å². The molecule has 0 bridgehead atoms. The van der Waals surface area contributed by atoms with Crippen LogP contribution >= 0.6 is 11.3 Å². The van der Waals surface area contributed by atoms with Crippen molar-refractivity contribution in [3.05, 3.63) is 75.1 Å². The van der Waals surface area contributed by atoms with E-state index in [-0.39, 0.29) is 0 Å². The standard InChI is InChI=1S/C15H19NS.C8H12.C2H6/c1-7-13(16-11(4)5)9-15-12(6)8-14(17-15)10(2)3;1-2-8-6-4-3-5-7-8;1-2/h7-9,16H,2,4,6H2,1,3,5H3;4,6-7H,2-3,5H2,1H3;1-2H3/b13-7+,15-9+;;. The van der Waals surface area contributed by atoms with Crippen LogP contribution in [0.3, 0.4) is 0 Å². The van der Waals surface area contributed by atoms with Crippen LogP contribution in [0.2, 0.25) is 0 Å². The first kappa shape index (κ1) is 24.9. The summed E-state index contributed by atoms with van der Waals surface area (Å²) in [4.78, 5) is 1.19. The van der Waals surface area contributed by atoms with Crippen LogP contribution in [0.4, 0.5) is 0 Å². The van der Waals surface area contributed by atoms with E-state index in [1.807, 2.05) is 40.7 Å². The Kier molecular flexibility index (Phi) is 13.0. The molecule has 0 fully saturated rings. The van der Waals surface area contributed by atoms with Crippen LogP contribution in [-0.2, 0) is 0 Å². The lowest BCUT2D eigenvalue weighted by Crippen LogP contribution is -2.18. The zero-order chi connectivity index (χ0) is 20.8. The average Bonchev–Trinajstić information content (AvgIpc) is 3.04. The Hall–Kier alpha value is -2.06. The van der Waals surface area contributed by atoms with Crippen LogP contribution in [0.15, 0.2) is 60.5 Å². The zero-order valence-electron chi connectivity index (χ0n) is 18.1. The van der Waals surface area contributed by atoms with Gasteiger partial charge in [0.25, 0.3) is 0 Å². The van der Waals surface area contributed by atoms with E-state index in [0.29, 0.717) is 0 Å². The maximum atomic E-state index is 4.05.